The molecule has 2 unspecified atom stereocenters. The molecule has 1 aliphatic heterocycles. The topological polar surface area (TPSA) is 124 Å². The lowest BCUT2D eigenvalue weighted by Gasteiger charge is -2.34. The van der Waals surface area contributed by atoms with Crippen LogP contribution in [0.15, 0.2) is 58.7 Å². The lowest BCUT2D eigenvalue weighted by Crippen LogP contribution is -2.38. The van der Waals surface area contributed by atoms with Crippen molar-refractivity contribution in [2.75, 3.05) is 0 Å². The maximum atomic E-state index is 13.4. The summed E-state index contributed by atoms with van der Waals surface area (Å²) in [5.74, 6) is -0.235. The van der Waals surface area contributed by atoms with E-state index in [1.165, 1.54) is 25.3 Å². The molecule has 0 saturated heterocycles. The highest BCUT2D eigenvalue weighted by Gasteiger charge is 2.34. The largest absolute Gasteiger partial charge is 0.335 e. The molecule has 0 bridgehead atoms. The number of rotatable bonds is 7. The van der Waals surface area contributed by atoms with E-state index >= 15 is 0 Å². The zero-order valence-corrected chi connectivity index (χ0v) is 20.0. The van der Waals surface area contributed by atoms with Crippen molar-refractivity contribution in [3.63, 3.8) is 0 Å². The summed E-state index contributed by atoms with van der Waals surface area (Å²) < 4.78 is 27.6. The Kier molecular flexibility index (Phi) is 6.98. The van der Waals surface area contributed by atoms with Crippen LogP contribution in [0.5, 0.6) is 0 Å². The van der Waals surface area contributed by atoms with Crippen LogP contribution in [0, 0.1) is 16.7 Å². The summed E-state index contributed by atoms with van der Waals surface area (Å²) in [6, 6.07) is 10.4. The van der Waals surface area contributed by atoms with Gasteiger partial charge in [-0.05, 0) is 60.9 Å². The molecule has 2 aromatic rings. The molecule has 1 amide bonds. The summed E-state index contributed by atoms with van der Waals surface area (Å²) in [4.78, 5) is 22.1. The van der Waals surface area contributed by atoms with Gasteiger partial charge < -0.3 is 5.32 Å². The van der Waals surface area contributed by atoms with E-state index < -0.39 is 28.0 Å². The number of fused-ring (bicyclic) bond motifs is 1. The molecule has 8 nitrogen and oxygen atoms in total. The Morgan fingerprint density at radius 1 is 1.21 bits per heavy atom. The summed E-state index contributed by atoms with van der Waals surface area (Å²) in [7, 11) is -3.72. The number of amidine groups is 1. The fraction of sp³-hybridized carbons (Fsp3) is 0.440. The van der Waals surface area contributed by atoms with Crippen molar-refractivity contribution >= 4 is 21.8 Å². The number of benzene rings is 1. The monoisotopic (exact) mass is 479 g/mol. The van der Waals surface area contributed by atoms with Crippen LogP contribution < -0.4 is 10.0 Å². The van der Waals surface area contributed by atoms with Gasteiger partial charge in [-0.1, -0.05) is 38.3 Å². The third-order valence-electron chi connectivity index (χ3n) is 6.79. The van der Waals surface area contributed by atoms with Gasteiger partial charge in [0.05, 0.1) is 11.0 Å². The van der Waals surface area contributed by atoms with E-state index in [2.05, 4.69) is 33.0 Å². The number of nitrogens with one attached hydrogen (secondary N) is 2. The number of aliphatic imine (C=N–C) groups is 1. The van der Waals surface area contributed by atoms with Gasteiger partial charge in [-0.15, -0.1) is 0 Å². The van der Waals surface area contributed by atoms with E-state index in [0.29, 0.717) is 17.5 Å². The minimum absolute atomic E-state index is 0.129. The first-order valence-corrected chi connectivity index (χ1v) is 13.1. The second-order valence-electron chi connectivity index (χ2n) is 9.36. The number of nitrogens with zero attached hydrogens (tertiary/aromatic N) is 3. The van der Waals surface area contributed by atoms with Gasteiger partial charge in [0.15, 0.2) is 0 Å². The molecule has 178 valence electrons. The Balaban J connectivity index is 1.61. The van der Waals surface area contributed by atoms with Gasteiger partial charge in [0.2, 0.25) is 5.91 Å². The molecule has 1 fully saturated rings. The van der Waals surface area contributed by atoms with Crippen LogP contribution in [0.4, 0.5) is 0 Å². The molecule has 9 heteroatoms. The zero-order valence-electron chi connectivity index (χ0n) is 19.2. The Bertz CT molecular complexity index is 1210. The predicted octanol–water partition coefficient (Wildman–Crippen LogP) is 3.62. The maximum absolute atomic E-state index is 13.4. The molecule has 4 rings (SSSR count). The normalized spacial score (nSPS) is 21.0. The lowest BCUT2D eigenvalue weighted by molar-refractivity contribution is -0.123. The first kappa shape index (κ1) is 23.9. The number of amides is 1. The van der Waals surface area contributed by atoms with Crippen LogP contribution in [0.25, 0.3) is 0 Å². The van der Waals surface area contributed by atoms with Gasteiger partial charge in [0.25, 0.3) is 10.0 Å². The molecule has 2 aliphatic rings. The Morgan fingerprint density at radius 2 is 1.91 bits per heavy atom. The van der Waals surface area contributed by atoms with Crippen LogP contribution in [-0.2, 0) is 14.8 Å². The maximum Gasteiger partial charge on any atom is 0.263 e. The minimum Gasteiger partial charge on any atom is -0.335 e. The van der Waals surface area contributed by atoms with E-state index in [0.717, 1.165) is 19.3 Å². The highest BCUT2D eigenvalue weighted by atomic mass is 32.2. The van der Waals surface area contributed by atoms with Crippen LogP contribution in [-0.4, -0.2) is 31.2 Å². The van der Waals surface area contributed by atoms with Crippen molar-refractivity contribution in [2.45, 2.75) is 68.8 Å². The third kappa shape index (κ3) is 5.28. The third-order valence-corrected chi connectivity index (χ3v) is 8.18. The number of hydrogen-bond donors (Lipinski definition) is 2. The standard InChI is InChI=1S/C25H29N5O3S/c1-25(12-5-2-6-13-25)14-9-20(24(31)29-21(17-26)18-10-15-27-16-11-18)28-23-19-7-3-4-8-22(19)34(32,33)30-23/h3-4,7-8,10-11,15-16,20-21H,2,5-6,9,12-14H2,1H3,(H,28,30)(H,29,31). The molecule has 1 aromatic carbocycles. The summed E-state index contributed by atoms with van der Waals surface area (Å²) in [6.07, 6.45) is 10.2. The molecule has 2 atom stereocenters. The predicted molar refractivity (Wildman–Crippen MR) is 128 cm³/mol. The first-order chi connectivity index (χ1) is 16.3. The van der Waals surface area contributed by atoms with Crippen LogP contribution in [0.1, 0.15) is 69.0 Å². The van der Waals surface area contributed by atoms with Crippen LogP contribution in [0.2, 0.25) is 0 Å². The van der Waals surface area contributed by atoms with Gasteiger partial charge in [-0.3, -0.25) is 19.5 Å². The van der Waals surface area contributed by atoms with E-state index in [-0.39, 0.29) is 16.1 Å². The fourth-order valence-corrected chi connectivity index (χ4v) is 6.00. The summed E-state index contributed by atoms with van der Waals surface area (Å²) in [5.41, 5.74) is 1.21. The van der Waals surface area contributed by atoms with Gasteiger partial charge in [0, 0.05) is 18.0 Å². The van der Waals surface area contributed by atoms with Crippen molar-refractivity contribution in [3.8, 4) is 6.07 Å². The smallest absolute Gasteiger partial charge is 0.263 e. The Morgan fingerprint density at radius 3 is 2.62 bits per heavy atom. The van der Waals surface area contributed by atoms with Crippen molar-refractivity contribution in [1.29, 1.82) is 5.26 Å². The molecule has 1 saturated carbocycles. The molecule has 2 N–H and O–H groups in total. The van der Waals surface area contributed by atoms with Crippen molar-refractivity contribution in [3.05, 3.63) is 59.9 Å². The number of sulfonamides is 1. The molecule has 2 heterocycles. The van der Waals surface area contributed by atoms with Crippen LogP contribution in [0.3, 0.4) is 0 Å². The van der Waals surface area contributed by atoms with Gasteiger partial charge >= 0.3 is 0 Å². The second kappa shape index (κ2) is 9.94. The molecule has 0 spiro atoms. The number of nitriles is 1. The average molecular weight is 480 g/mol. The molecule has 0 radical (unpaired) electrons. The van der Waals surface area contributed by atoms with Crippen molar-refractivity contribution < 1.29 is 13.2 Å². The summed E-state index contributed by atoms with van der Waals surface area (Å²) in [5, 5.41) is 12.4. The number of carbonyl (C=O) groups excluding carboxylic acids is 1. The molecule has 34 heavy (non-hydrogen) atoms. The number of hydrogen-bond acceptors (Lipinski definition) is 6. The zero-order chi connectivity index (χ0) is 24.2. The Hall–Kier alpha value is -3.25. The molecule has 1 aromatic heterocycles. The van der Waals surface area contributed by atoms with E-state index in [4.69, 9.17) is 0 Å². The fourth-order valence-electron chi connectivity index (χ4n) is 4.76. The van der Waals surface area contributed by atoms with Crippen molar-refractivity contribution in [2.24, 2.45) is 10.4 Å². The van der Waals surface area contributed by atoms with Gasteiger partial charge in [0.1, 0.15) is 17.9 Å². The first-order valence-electron chi connectivity index (χ1n) is 11.6. The number of aromatic nitrogens is 1. The molecular formula is C25H29N5O3S. The number of carbonyl (C=O) groups is 1. The van der Waals surface area contributed by atoms with E-state index in [1.807, 2.05) is 0 Å². The quantitative estimate of drug-likeness (QED) is 0.628. The minimum atomic E-state index is -3.72. The molecule has 1 aliphatic carbocycles. The lowest BCUT2D eigenvalue weighted by atomic mass is 9.72. The number of pyridine rings is 1. The van der Waals surface area contributed by atoms with Gasteiger partial charge in [-0.25, -0.2) is 8.42 Å². The molecular weight excluding hydrogens is 450 g/mol. The van der Waals surface area contributed by atoms with E-state index in [9.17, 15) is 18.5 Å². The van der Waals surface area contributed by atoms with Crippen LogP contribution >= 0.6 is 0 Å². The summed E-state index contributed by atoms with van der Waals surface area (Å²) in [6.45, 7) is 2.25. The highest BCUT2D eigenvalue weighted by Crippen LogP contribution is 2.40. The van der Waals surface area contributed by atoms with Crippen molar-refractivity contribution in [1.82, 2.24) is 15.0 Å². The van der Waals surface area contributed by atoms with Gasteiger partial charge in [-0.2, -0.15) is 5.26 Å². The highest BCUT2D eigenvalue weighted by molar-refractivity contribution is 7.90. The average Bonchev–Trinajstić information content (AvgIpc) is 3.11. The Labute approximate surface area is 200 Å². The summed E-state index contributed by atoms with van der Waals surface area (Å²) >= 11 is 0. The SMILES string of the molecule is CC1(CCC(N=C2NS(=O)(=O)c3ccccc32)C(=O)NC(C#N)c2ccncc2)CCCCC1. The second-order valence-corrected chi connectivity index (χ2v) is 11.0. The van der Waals surface area contributed by atoms with E-state index in [1.54, 1.807) is 42.7 Å².